The van der Waals surface area contributed by atoms with Gasteiger partial charge < -0.3 is 14.8 Å². The summed E-state index contributed by atoms with van der Waals surface area (Å²) in [5, 5.41) is 14.9. The number of amides is 5. The standard InChI is InChI=1S/C40H37ClN6O9S/c1-22(35(49)44-26-7-10-29-30(19-26)38(52)47(37(29)51)32-11-12-33(48)46-36(32)50)14-16-55-34-23(20-42)17-25(18-31(34)41)40(2,3)24-5-8-28(9-6-24)56-21-27-13-15-43-39(45-27)57(4,53)54/h5-10,13,15,17-19,22,32H,11-12,14,16,21H2,1-4H3,(H,44,49)(H,46,48,50). The lowest BCUT2D eigenvalue weighted by Crippen LogP contribution is -2.54. The number of carbonyl (C=O) groups is 5. The van der Waals surface area contributed by atoms with Crippen molar-refractivity contribution in [3.8, 4) is 17.6 Å². The monoisotopic (exact) mass is 812 g/mol. The number of sulfone groups is 1. The van der Waals surface area contributed by atoms with E-state index in [1.54, 1.807) is 37.3 Å². The van der Waals surface area contributed by atoms with E-state index in [0.29, 0.717) is 11.4 Å². The molecular weight excluding hydrogens is 776 g/mol. The molecule has 2 aliphatic heterocycles. The fraction of sp³-hybridized carbons (Fsp3) is 0.300. The van der Waals surface area contributed by atoms with Gasteiger partial charge in [0, 0.05) is 35.9 Å². The Hall–Kier alpha value is -6.18. The highest BCUT2D eigenvalue weighted by Crippen LogP contribution is 2.39. The van der Waals surface area contributed by atoms with E-state index in [9.17, 15) is 37.7 Å². The number of aromatic nitrogens is 2. The van der Waals surface area contributed by atoms with E-state index in [2.05, 4.69) is 26.7 Å². The van der Waals surface area contributed by atoms with Crippen LogP contribution < -0.4 is 20.1 Å². The molecule has 2 unspecified atom stereocenters. The van der Waals surface area contributed by atoms with Gasteiger partial charge in [0.15, 0.2) is 5.75 Å². The van der Waals surface area contributed by atoms with Crippen LogP contribution >= 0.6 is 11.6 Å². The van der Waals surface area contributed by atoms with Crippen molar-refractivity contribution in [1.82, 2.24) is 20.2 Å². The van der Waals surface area contributed by atoms with Gasteiger partial charge in [-0.15, -0.1) is 0 Å². The number of anilines is 1. The molecule has 0 saturated carbocycles. The van der Waals surface area contributed by atoms with Crippen LogP contribution in [0.2, 0.25) is 5.02 Å². The molecule has 2 atom stereocenters. The number of benzene rings is 3. The normalized spacial score (nSPS) is 16.1. The number of nitrogens with zero attached hydrogens (tertiary/aromatic N) is 4. The van der Waals surface area contributed by atoms with Gasteiger partial charge in [0.25, 0.3) is 11.8 Å². The Morgan fingerprint density at radius 1 is 1.04 bits per heavy atom. The van der Waals surface area contributed by atoms with Crippen LogP contribution in [0.25, 0.3) is 0 Å². The zero-order chi connectivity index (χ0) is 41.2. The van der Waals surface area contributed by atoms with Crippen molar-refractivity contribution in [2.24, 2.45) is 5.92 Å². The first-order valence-corrected chi connectivity index (χ1v) is 20.0. The van der Waals surface area contributed by atoms with Crippen LogP contribution in [0, 0.1) is 17.2 Å². The first-order valence-electron chi connectivity index (χ1n) is 17.8. The Morgan fingerprint density at radius 3 is 2.44 bits per heavy atom. The Balaban J connectivity index is 1.05. The van der Waals surface area contributed by atoms with Gasteiger partial charge in [-0.1, -0.05) is 44.5 Å². The van der Waals surface area contributed by atoms with E-state index < -0.39 is 50.8 Å². The van der Waals surface area contributed by atoms with Gasteiger partial charge in [-0.3, -0.25) is 34.2 Å². The molecule has 3 heterocycles. The molecule has 2 aliphatic rings. The summed E-state index contributed by atoms with van der Waals surface area (Å²) in [6.45, 7) is 5.73. The van der Waals surface area contributed by atoms with Crippen molar-refractivity contribution in [3.05, 3.63) is 105 Å². The van der Waals surface area contributed by atoms with Gasteiger partial charge >= 0.3 is 0 Å². The highest BCUT2D eigenvalue weighted by atomic mass is 35.5. The summed E-state index contributed by atoms with van der Waals surface area (Å²) in [7, 11) is -3.56. The van der Waals surface area contributed by atoms with Gasteiger partial charge in [0.2, 0.25) is 32.7 Å². The van der Waals surface area contributed by atoms with Crippen molar-refractivity contribution in [3.63, 3.8) is 0 Å². The molecule has 4 aromatic rings. The van der Waals surface area contributed by atoms with Crippen LogP contribution in [0.15, 0.2) is 72.0 Å². The van der Waals surface area contributed by atoms with Crippen molar-refractivity contribution in [2.75, 3.05) is 18.2 Å². The predicted octanol–water partition coefficient (Wildman–Crippen LogP) is 4.75. The summed E-state index contributed by atoms with van der Waals surface area (Å²) < 4.78 is 35.3. The van der Waals surface area contributed by atoms with E-state index in [4.69, 9.17) is 21.1 Å². The number of nitriles is 1. The van der Waals surface area contributed by atoms with Gasteiger partial charge in [0.05, 0.1) is 34.0 Å². The quantitative estimate of drug-likeness (QED) is 0.138. The van der Waals surface area contributed by atoms with Crippen molar-refractivity contribution >= 4 is 56.7 Å². The average molecular weight is 813 g/mol. The number of piperidine rings is 1. The second kappa shape index (κ2) is 16.1. The van der Waals surface area contributed by atoms with Crippen molar-refractivity contribution < 1.29 is 41.9 Å². The third-order valence-electron chi connectivity index (χ3n) is 9.82. The Morgan fingerprint density at radius 2 is 1.75 bits per heavy atom. The number of rotatable bonds is 13. The molecule has 6 rings (SSSR count). The van der Waals surface area contributed by atoms with Crippen LogP contribution in [0.3, 0.4) is 0 Å². The molecule has 0 aliphatic carbocycles. The van der Waals surface area contributed by atoms with E-state index in [1.807, 2.05) is 26.0 Å². The smallest absolute Gasteiger partial charge is 0.262 e. The fourth-order valence-electron chi connectivity index (χ4n) is 6.39. The summed E-state index contributed by atoms with van der Waals surface area (Å²) in [4.78, 5) is 71.9. The highest BCUT2D eigenvalue weighted by Gasteiger charge is 2.44. The molecule has 0 bridgehead atoms. The molecular formula is C40H37ClN6O9S. The lowest BCUT2D eigenvalue weighted by molar-refractivity contribution is -0.136. The molecule has 1 fully saturated rings. The van der Waals surface area contributed by atoms with E-state index in [0.717, 1.165) is 22.3 Å². The maximum atomic E-state index is 13.2. The maximum absolute atomic E-state index is 13.2. The third kappa shape index (κ3) is 8.64. The third-order valence-corrected chi connectivity index (χ3v) is 11.0. The molecule has 5 amide bonds. The van der Waals surface area contributed by atoms with Gasteiger partial charge in [-0.25, -0.2) is 18.4 Å². The minimum Gasteiger partial charge on any atom is -0.491 e. The van der Waals surface area contributed by atoms with E-state index in [-0.39, 0.29) is 76.7 Å². The zero-order valence-electron chi connectivity index (χ0n) is 31.3. The van der Waals surface area contributed by atoms with Gasteiger partial charge in [0.1, 0.15) is 24.5 Å². The van der Waals surface area contributed by atoms with Crippen molar-refractivity contribution in [2.45, 2.75) is 63.3 Å². The summed E-state index contributed by atoms with van der Waals surface area (Å²) in [5.41, 5.74) is 2.08. The molecule has 1 aromatic heterocycles. The van der Waals surface area contributed by atoms with Crippen LogP contribution in [-0.2, 0) is 36.2 Å². The number of fused-ring (bicyclic) bond motifs is 1. The van der Waals surface area contributed by atoms with Gasteiger partial charge in [-0.05, 0) is 72.5 Å². The van der Waals surface area contributed by atoms with Crippen LogP contribution in [-0.4, -0.2) is 71.7 Å². The molecule has 3 aromatic carbocycles. The largest absolute Gasteiger partial charge is 0.491 e. The highest BCUT2D eigenvalue weighted by molar-refractivity contribution is 7.90. The van der Waals surface area contributed by atoms with Crippen LogP contribution in [0.4, 0.5) is 5.69 Å². The maximum Gasteiger partial charge on any atom is 0.262 e. The fourth-order valence-corrected chi connectivity index (χ4v) is 7.20. The van der Waals surface area contributed by atoms with Crippen LogP contribution in [0.1, 0.15) is 83.1 Å². The number of ether oxygens (including phenoxy) is 2. The molecule has 2 N–H and O–H groups in total. The van der Waals surface area contributed by atoms with Crippen molar-refractivity contribution in [1.29, 1.82) is 5.26 Å². The van der Waals surface area contributed by atoms with Gasteiger partial charge in [-0.2, -0.15) is 5.26 Å². The summed E-state index contributed by atoms with van der Waals surface area (Å²) in [6, 6.07) is 17.7. The lowest BCUT2D eigenvalue weighted by Gasteiger charge is -2.27. The topological polar surface area (TPSA) is 215 Å². The number of nitrogens with one attached hydrogen (secondary N) is 2. The summed E-state index contributed by atoms with van der Waals surface area (Å²) in [6.07, 6.45) is 2.67. The molecule has 17 heteroatoms. The summed E-state index contributed by atoms with van der Waals surface area (Å²) >= 11 is 6.68. The second-order valence-corrected chi connectivity index (χ2v) is 16.5. The molecule has 15 nitrogen and oxygen atoms in total. The molecule has 0 radical (unpaired) electrons. The number of halogens is 1. The summed E-state index contributed by atoms with van der Waals surface area (Å²) in [5.74, 6) is -2.75. The Kier molecular flexibility index (Phi) is 11.5. The predicted molar refractivity (Wildman–Crippen MR) is 205 cm³/mol. The zero-order valence-corrected chi connectivity index (χ0v) is 32.9. The first kappa shape index (κ1) is 40.5. The minimum atomic E-state index is -3.56. The molecule has 1 saturated heterocycles. The SMILES string of the molecule is CC(CCOc1c(Cl)cc(C(C)(C)c2ccc(OCc3ccnc(S(C)(=O)=O)n3)cc2)cc1C#N)C(=O)Nc1ccc2c(c1)C(=O)N(C1CCC(=O)NC1=O)C2=O. The number of imide groups is 2. The average Bonchev–Trinajstić information content (AvgIpc) is 3.42. The number of hydrogen-bond donors (Lipinski definition) is 2. The Labute approximate surface area is 333 Å². The van der Waals surface area contributed by atoms with Crippen LogP contribution in [0.5, 0.6) is 11.5 Å². The lowest BCUT2D eigenvalue weighted by atomic mass is 9.77. The second-order valence-electron chi connectivity index (χ2n) is 14.2. The van der Waals surface area contributed by atoms with E-state index >= 15 is 0 Å². The minimum absolute atomic E-state index is 0.00177. The number of hydrogen-bond acceptors (Lipinski definition) is 12. The molecule has 294 valence electrons. The number of carbonyl (C=O) groups excluding carboxylic acids is 5. The Bertz CT molecular complexity index is 2470. The van der Waals surface area contributed by atoms with E-state index in [1.165, 1.54) is 24.4 Å². The molecule has 0 spiro atoms. The first-order chi connectivity index (χ1) is 27.0. The molecule has 57 heavy (non-hydrogen) atoms.